The van der Waals surface area contributed by atoms with Gasteiger partial charge in [0.05, 0.1) is 12.2 Å². The second-order valence-electron chi connectivity index (χ2n) is 4.55. The zero-order valence-corrected chi connectivity index (χ0v) is 8.85. The van der Waals surface area contributed by atoms with Crippen molar-refractivity contribution in [3.05, 3.63) is 11.1 Å². The van der Waals surface area contributed by atoms with E-state index in [1.165, 1.54) is 0 Å². The van der Waals surface area contributed by atoms with Crippen molar-refractivity contribution in [2.45, 2.75) is 37.6 Å². The van der Waals surface area contributed by atoms with Gasteiger partial charge < -0.3 is 9.47 Å². The molecule has 0 aromatic rings. The molecule has 0 aromatic heterocycles. The molecule has 3 aliphatic rings. The topological polar surface area (TPSA) is 66.0 Å². The summed E-state index contributed by atoms with van der Waals surface area (Å²) in [6, 6.07) is 3.93. The molecular weight excluding hydrogens is 204 g/mol. The number of hydrogen-bond donors (Lipinski definition) is 0. The Morgan fingerprint density at radius 1 is 1.25 bits per heavy atom. The highest BCUT2D eigenvalue weighted by Gasteiger charge is 2.52. The van der Waals surface area contributed by atoms with Crippen LogP contribution in [-0.4, -0.2) is 24.9 Å². The molecule has 0 N–H and O–H groups in total. The van der Waals surface area contributed by atoms with Crippen LogP contribution in [-0.2, 0) is 9.47 Å². The lowest BCUT2D eigenvalue weighted by Gasteiger charge is -2.25. The van der Waals surface area contributed by atoms with Crippen molar-refractivity contribution in [2.24, 2.45) is 5.92 Å². The van der Waals surface area contributed by atoms with E-state index in [-0.39, 0.29) is 23.9 Å². The highest BCUT2D eigenvalue weighted by atomic mass is 16.6. The maximum atomic E-state index is 8.92. The molecular formula is C12H12N2O2. The molecule has 4 nitrogen and oxygen atoms in total. The minimum Gasteiger partial charge on any atom is -0.375 e. The molecule has 3 heterocycles. The van der Waals surface area contributed by atoms with E-state index in [0.717, 1.165) is 31.4 Å². The van der Waals surface area contributed by atoms with E-state index in [1.807, 2.05) is 12.1 Å². The van der Waals surface area contributed by atoms with Gasteiger partial charge in [0.1, 0.15) is 23.8 Å². The summed E-state index contributed by atoms with van der Waals surface area (Å²) in [6.45, 7) is 0.785. The first-order chi connectivity index (χ1) is 7.85. The number of fused-ring (bicyclic) bond motifs is 5. The highest BCUT2D eigenvalue weighted by Crippen LogP contribution is 2.46. The number of hydrogen-bond acceptors (Lipinski definition) is 4. The standard InChI is InChI=1S/C12H12N2O2/c13-5-7(6-14)8-1-2-10-9-3-4-15-11(9)12(8)16-10/h9-12H,1-4H2/t9-,10-,11-,12+/m0/s1. The number of rotatable bonds is 0. The van der Waals surface area contributed by atoms with E-state index in [4.69, 9.17) is 20.0 Å². The first-order valence-corrected chi connectivity index (χ1v) is 5.65. The summed E-state index contributed by atoms with van der Waals surface area (Å²) in [5.74, 6) is 0.473. The summed E-state index contributed by atoms with van der Waals surface area (Å²) < 4.78 is 11.6. The Labute approximate surface area is 94.1 Å². The molecule has 4 heteroatoms. The predicted octanol–water partition coefficient (Wildman–Crippen LogP) is 1.30. The van der Waals surface area contributed by atoms with Crippen LogP contribution in [0.15, 0.2) is 11.1 Å². The Hall–Kier alpha value is -1.36. The van der Waals surface area contributed by atoms with Crippen LogP contribution >= 0.6 is 0 Å². The lowest BCUT2D eigenvalue weighted by atomic mass is 9.95. The number of allylic oxidation sites excluding steroid dienone is 1. The van der Waals surface area contributed by atoms with Crippen LogP contribution in [0.5, 0.6) is 0 Å². The zero-order valence-electron chi connectivity index (χ0n) is 8.85. The van der Waals surface area contributed by atoms with Crippen molar-refractivity contribution in [1.29, 1.82) is 10.5 Å². The third-order valence-electron chi connectivity index (χ3n) is 3.87. The highest BCUT2D eigenvalue weighted by molar-refractivity contribution is 5.43. The minimum absolute atomic E-state index is 0.0826. The predicted molar refractivity (Wildman–Crippen MR) is 54.0 cm³/mol. The fraction of sp³-hybridized carbons (Fsp3) is 0.667. The molecule has 0 spiro atoms. The summed E-state index contributed by atoms with van der Waals surface area (Å²) in [6.07, 6.45) is 3.00. The third kappa shape index (κ3) is 1.21. The summed E-state index contributed by atoms with van der Waals surface area (Å²) in [7, 11) is 0. The summed E-state index contributed by atoms with van der Waals surface area (Å²) in [4.78, 5) is 0. The lowest BCUT2D eigenvalue weighted by molar-refractivity contribution is -0.0168. The molecule has 16 heavy (non-hydrogen) atoms. The number of nitriles is 2. The van der Waals surface area contributed by atoms with Gasteiger partial charge in [-0.15, -0.1) is 0 Å². The first-order valence-electron chi connectivity index (χ1n) is 5.65. The Bertz CT molecular complexity index is 413. The molecule has 0 unspecified atom stereocenters. The molecule has 3 aliphatic heterocycles. The molecule has 0 amide bonds. The van der Waals surface area contributed by atoms with Gasteiger partial charge in [0.15, 0.2) is 0 Å². The van der Waals surface area contributed by atoms with E-state index < -0.39 is 0 Å². The van der Waals surface area contributed by atoms with Gasteiger partial charge in [0, 0.05) is 12.5 Å². The van der Waals surface area contributed by atoms with E-state index in [1.54, 1.807) is 0 Å². The number of nitrogens with zero attached hydrogens (tertiary/aromatic N) is 2. The Kier molecular flexibility index (Phi) is 2.21. The molecule has 4 atom stereocenters. The molecule has 3 fully saturated rings. The van der Waals surface area contributed by atoms with Gasteiger partial charge in [-0.1, -0.05) is 0 Å². The third-order valence-corrected chi connectivity index (χ3v) is 3.87. The fourth-order valence-corrected chi connectivity index (χ4v) is 3.14. The maximum absolute atomic E-state index is 8.92. The van der Waals surface area contributed by atoms with Crippen LogP contribution in [0.25, 0.3) is 0 Å². The lowest BCUT2D eigenvalue weighted by Crippen LogP contribution is -2.28. The van der Waals surface area contributed by atoms with Crippen LogP contribution < -0.4 is 0 Å². The van der Waals surface area contributed by atoms with Crippen LogP contribution in [0.3, 0.4) is 0 Å². The molecule has 0 aromatic carbocycles. The van der Waals surface area contributed by atoms with Gasteiger partial charge in [-0.25, -0.2) is 0 Å². The second-order valence-corrected chi connectivity index (χ2v) is 4.55. The van der Waals surface area contributed by atoms with Gasteiger partial charge in [-0.3, -0.25) is 0 Å². The van der Waals surface area contributed by atoms with Crippen LogP contribution in [0, 0.1) is 28.6 Å². The fourth-order valence-electron chi connectivity index (χ4n) is 3.14. The van der Waals surface area contributed by atoms with Gasteiger partial charge in [-0.2, -0.15) is 10.5 Å². The second kappa shape index (κ2) is 3.59. The SMILES string of the molecule is N#CC(C#N)=C1CC[C@@H]2O[C@H]1[C@H]1OCC[C@H]12. The molecule has 3 saturated heterocycles. The van der Waals surface area contributed by atoms with Crippen molar-refractivity contribution in [3.63, 3.8) is 0 Å². The Morgan fingerprint density at radius 2 is 2.06 bits per heavy atom. The van der Waals surface area contributed by atoms with Crippen LogP contribution in [0.4, 0.5) is 0 Å². The average Bonchev–Trinajstić information content (AvgIpc) is 2.87. The molecule has 82 valence electrons. The smallest absolute Gasteiger partial charge is 0.131 e. The largest absolute Gasteiger partial charge is 0.375 e. The normalized spacial score (nSPS) is 40.0. The molecule has 0 aliphatic carbocycles. The van der Waals surface area contributed by atoms with E-state index in [0.29, 0.717) is 5.92 Å². The van der Waals surface area contributed by atoms with Crippen molar-refractivity contribution >= 4 is 0 Å². The minimum atomic E-state index is -0.138. The summed E-state index contributed by atoms with van der Waals surface area (Å²) >= 11 is 0. The maximum Gasteiger partial charge on any atom is 0.131 e. The first kappa shape index (κ1) is 9.84. The van der Waals surface area contributed by atoms with Crippen molar-refractivity contribution in [2.75, 3.05) is 6.61 Å². The van der Waals surface area contributed by atoms with Crippen molar-refractivity contribution < 1.29 is 9.47 Å². The quantitative estimate of drug-likeness (QED) is 0.572. The summed E-state index contributed by atoms with van der Waals surface area (Å²) in [5.41, 5.74) is 1.08. The van der Waals surface area contributed by atoms with Gasteiger partial charge >= 0.3 is 0 Å². The summed E-state index contributed by atoms with van der Waals surface area (Å²) in [5, 5.41) is 17.8. The van der Waals surface area contributed by atoms with Crippen LogP contribution in [0.1, 0.15) is 19.3 Å². The zero-order chi connectivity index (χ0) is 11.1. The van der Waals surface area contributed by atoms with Crippen molar-refractivity contribution in [3.8, 4) is 12.1 Å². The monoisotopic (exact) mass is 216 g/mol. The van der Waals surface area contributed by atoms with Crippen molar-refractivity contribution in [1.82, 2.24) is 0 Å². The Morgan fingerprint density at radius 3 is 2.81 bits per heavy atom. The van der Waals surface area contributed by atoms with E-state index in [2.05, 4.69) is 0 Å². The van der Waals surface area contributed by atoms with E-state index >= 15 is 0 Å². The molecule has 2 bridgehead atoms. The van der Waals surface area contributed by atoms with Gasteiger partial charge in [-0.05, 0) is 24.8 Å². The Balaban J connectivity index is 1.99. The average molecular weight is 216 g/mol. The molecule has 0 radical (unpaired) electrons. The van der Waals surface area contributed by atoms with Gasteiger partial charge in [0.2, 0.25) is 0 Å². The van der Waals surface area contributed by atoms with Gasteiger partial charge in [0.25, 0.3) is 0 Å². The van der Waals surface area contributed by atoms with Crippen LogP contribution in [0.2, 0.25) is 0 Å². The molecule has 0 saturated carbocycles. The molecule has 3 rings (SSSR count). The van der Waals surface area contributed by atoms with E-state index in [9.17, 15) is 0 Å². The number of ether oxygens (including phenoxy) is 2.